The van der Waals surface area contributed by atoms with E-state index in [1.54, 1.807) is 4.68 Å². The maximum Gasteiger partial charge on any atom is 0.354 e. The molecule has 1 aliphatic heterocycles. The van der Waals surface area contributed by atoms with Crippen LogP contribution in [0, 0.1) is 0 Å². The molecular weight excluding hydrogens is 378 g/mol. The number of carbonyl (C=O) groups excluding carboxylic acids is 1. The number of rotatable bonds is 2. The maximum atomic E-state index is 13.0. The molecule has 3 aliphatic rings. The number of nitrogens with two attached hydrogens (primary N) is 1. The van der Waals surface area contributed by atoms with Crippen LogP contribution in [-0.4, -0.2) is 26.1 Å². The summed E-state index contributed by atoms with van der Waals surface area (Å²) in [6.45, 7) is 4.59. The Morgan fingerprint density at radius 2 is 2.21 bits per heavy atom. The van der Waals surface area contributed by atoms with Crippen molar-refractivity contribution in [3.8, 4) is 5.88 Å². The van der Waals surface area contributed by atoms with Crippen molar-refractivity contribution in [2.24, 2.45) is 9.50 Å². The number of benzene rings is 1. The summed E-state index contributed by atoms with van der Waals surface area (Å²) in [4.78, 5) is 12.8. The Balaban J connectivity index is 1.49. The van der Waals surface area contributed by atoms with E-state index in [4.69, 9.17) is 9.88 Å². The van der Waals surface area contributed by atoms with Crippen molar-refractivity contribution in [1.29, 1.82) is 0 Å². The highest BCUT2D eigenvalue weighted by Gasteiger charge is 2.32. The summed E-state index contributed by atoms with van der Waals surface area (Å²) >= 11 is 0. The molecule has 5 rings (SSSR count). The topological polar surface area (TPSA) is 112 Å². The zero-order valence-electron chi connectivity index (χ0n) is 15.9. The third-order valence-corrected chi connectivity index (χ3v) is 7.16. The predicted molar refractivity (Wildman–Crippen MR) is 105 cm³/mol. The van der Waals surface area contributed by atoms with Gasteiger partial charge in [-0.15, -0.1) is 4.36 Å². The van der Waals surface area contributed by atoms with E-state index in [0.29, 0.717) is 18.3 Å². The molecule has 9 heteroatoms. The van der Waals surface area contributed by atoms with Crippen LogP contribution in [0.5, 0.6) is 5.88 Å². The number of aromatic nitrogens is 2. The Hall–Kier alpha value is -2.39. The third kappa shape index (κ3) is 2.64. The van der Waals surface area contributed by atoms with E-state index in [1.807, 2.05) is 6.92 Å². The fraction of sp³-hybridized carbons (Fsp3) is 0.474. The molecule has 1 aromatic carbocycles. The number of hydrogen-bond acceptors (Lipinski definition) is 4. The Kier molecular flexibility index (Phi) is 3.82. The van der Waals surface area contributed by atoms with Gasteiger partial charge in [-0.25, -0.2) is 18.8 Å². The van der Waals surface area contributed by atoms with E-state index in [1.165, 1.54) is 28.5 Å². The van der Waals surface area contributed by atoms with Gasteiger partial charge in [-0.2, -0.15) is 5.10 Å². The van der Waals surface area contributed by atoms with E-state index in [0.717, 1.165) is 31.4 Å². The van der Waals surface area contributed by atoms with E-state index in [9.17, 15) is 9.00 Å². The molecule has 8 nitrogen and oxygen atoms in total. The minimum atomic E-state index is -3.46. The van der Waals surface area contributed by atoms with Crippen LogP contribution >= 0.6 is 0 Å². The zero-order valence-corrected chi connectivity index (χ0v) is 16.7. The van der Waals surface area contributed by atoms with Crippen molar-refractivity contribution < 1.29 is 13.7 Å². The number of anilines is 1. The van der Waals surface area contributed by atoms with Gasteiger partial charge in [0.1, 0.15) is 11.0 Å². The smallest absolute Gasteiger partial charge is 0.354 e. The van der Waals surface area contributed by atoms with Gasteiger partial charge >= 0.3 is 6.03 Å². The van der Waals surface area contributed by atoms with Crippen LogP contribution in [0.15, 0.2) is 21.5 Å². The summed E-state index contributed by atoms with van der Waals surface area (Å²) in [5, 5.41) is 13.0. The average molecular weight is 401 g/mol. The summed E-state index contributed by atoms with van der Waals surface area (Å²) in [6.07, 6.45) is 5.36. The second-order valence-corrected chi connectivity index (χ2v) is 9.70. The van der Waals surface area contributed by atoms with Gasteiger partial charge in [0.2, 0.25) is 5.88 Å². The number of nitrogens with zero attached hydrogens (tertiary/aromatic N) is 3. The monoisotopic (exact) mass is 401 g/mol. The number of nitrogens with one attached hydrogen (secondary N) is 1. The minimum absolute atomic E-state index is 0.0845. The number of hydrogen-bond donors (Lipinski definition) is 2. The van der Waals surface area contributed by atoms with Crippen molar-refractivity contribution in [3.63, 3.8) is 0 Å². The first kappa shape index (κ1) is 17.7. The van der Waals surface area contributed by atoms with Gasteiger partial charge in [0.25, 0.3) is 0 Å². The van der Waals surface area contributed by atoms with Crippen molar-refractivity contribution in [2.45, 2.75) is 63.0 Å². The molecule has 3 atom stereocenters. The quantitative estimate of drug-likeness (QED) is 0.806. The largest absolute Gasteiger partial charge is 0.472 e. The van der Waals surface area contributed by atoms with Gasteiger partial charge in [0, 0.05) is 5.69 Å². The third-order valence-electron chi connectivity index (χ3n) is 5.81. The van der Waals surface area contributed by atoms with E-state index in [-0.39, 0.29) is 11.0 Å². The van der Waals surface area contributed by atoms with Crippen molar-refractivity contribution in [3.05, 3.63) is 34.5 Å². The van der Waals surface area contributed by atoms with Crippen LogP contribution in [0.2, 0.25) is 0 Å². The normalized spacial score (nSPS) is 23.7. The lowest BCUT2D eigenvalue weighted by Gasteiger charge is -2.31. The molecule has 148 valence electrons. The van der Waals surface area contributed by atoms with Crippen molar-refractivity contribution in [2.75, 3.05) is 5.32 Å². The lowest BCUT2D eigenvalue weighted by atomic mass is 9.75. The van der Waals surface area contributed by atoms with Crippen LogP contribution in [-0.2, 0) is 35.7 Å². The summed E-state index contributed by atoms with van der Waals surface area (Å²) < 4.78 is 24.0. The van der Waals surface area contributed by atoms with Gasteiger partial charge in [0.05, 0.1) is 12.7 Å². The molecule has 2 amide bonds. The van der Waals surface area contributed by atoms with Gasteiger partial charge < -0.3 is 10.1 Å². The highest BCUT2D eigenvalue weighted by atomic mass is 32.2. The minimum Gasteiger partial charge on any atom is -0.472 e. The van der Waals surface area contributed by atoms with E-state index < -0.39 is 15.9 Å². The molecule has 0 spiro atoms. The average Bonchev–Trinajstić information content (AvgIpc) is 3.27. The Bertz CT molecular complexity index is 1130. The number of urea groups is 1. The van der Waals surface area contributed by atoms with Crippen molar-refractivity contribution in [1.82, 2.24) is 9.78 Å². The lowest BCUT2D eigenvalue weighted by Crippen LogP contribution is -2.23. The number of amides is 2. The highest BCUT2D eigenvalue weighted by molar-refractivity contribution is 7.91. The Morgan fingerprint density at radius 1 is 1.39 bits per heavy atom. The molecule has 0 saturated heterocycles. The first-order valence-electron chi connectivity index (χ1n) is 9.59. The Labute approximate surface area is 163 Å². The van der Waals surface area contributed by atoms with E-state index in [2.05, 4.69) is 27.8 Å². The molecule has 2 heterocycles. The Morgan fingerprint density at radius 3 is 3.00 bits per heavy atom. The number of aryl methyl sites for hydroxylation is 1. The fourth-order valence-corrected chi connectivity index (χ4v) is 5.57. The number of ether oxygens (including phenoxy) is 1. The molecule has 2 aliphatic carbocycles. The molecule has 0 saturated carbocycles. The fourth-order valence-electron chi connectivity index (χ4n) is 4.58. The predicted octanol–water partition coefficient (Wildman–Crippen LogP) is 2.75. The van der Waals surface area contributed by atoms with Crippen LogP contribution in [0.4, 0.5) is 10.5 Å². The first-order chi connectivity index (χ1) is 13.3. The molecular formula is C19H23N5O3S. The SMILES string of the molecule is CC1Cc2cc3c(c(NC(=O)N=[S@](N)(=O)c4cnn5c4O[C@@H](C)C5)c21)CCC3. The summed E-state index contributed by atoms with van der Waals surface area (Å²) in [6, 6.07) is 1.57. The molecule has 0 bridgehead atoms. The molecule has 1 unspecified atom stereocenters. The van der Waals surface area contributed by atoms with Crippen LogP contribution in [0.25, 0.3) is 0 Å². The second-order valence-electron chi connectivity index (χ2n) is 7.94. The van der Waals surface area contributed by atoms with Gasteiger partial charge in [0.15, 0.2) is 9.92 Å². The second kappa shape index (κ2) is 6.05. The molecule has 3 N–H and O–H groups in total. The summed E-state index contributed by atoms with van der Waals surface area (Å²) in [5.41, 5.74) is 5.79. The van der Waals surface area contributed by atoms with Gasteiger partial charge in [-0.3, -0.25) is 0 Å². The summed E-state index contributed by atoms with van der Waals surface area (Å²) in [5.74, 6) is 0.724. The van der Waals surface area contributed by atoms with Crippen molar-refractivity contribution >= 4 is 21.6 Å². The maximum absolute atomic E-state index is 13.0. The molecule has 0 radical (unpaired) electrons. The number of carbonyl (C=O) groups is 1. The van der Waals surface area contributed by atoms with Crippen LogP contribution < -0.4 is 15.2 Å². The van der Waals surface area contributed by atoms with Gasteiger partial charge in [-0.1, -0.05) is 13.0 Å². The first-order valence-corrected chi connectivity index (χ1v) is 11.2. The lowest BCUT2D eigenvalue weighted by molar-refractivity contribution is 0.248. The molecule has 1 aromatic heterocycles. The zero-order chi connectivity index (χ0) is 19.6. The molecule has 2 aromatic rings. The molecule has 28 heavy (non-hydrogen) atoms. The molecule has 0 fully saturated rings. The van der Waals surface area contributed by atoms with Crippen LogP contribution in [0.1, 0.15) is 48.4 Å². The van der Waals surface area contributed by atoms with Crippen LogP contribution in [0.3, 0.4) is 0 Å². The highest BCUT2D eigenvalue weighted by Crippen LogP contribution is 2.45. The van der Waals surface area contributed by atoms with E-state index >= 15 is 0 Å². The standard InChI is InChI=1S/C19H23N5O3S/c1-10-6-13-7-12-4-3-5-14(12)17(16(10)13)22-19(25)23-28(20,26)15-8-21-24-9-11(2)27-18(15)24/h7-8,10-11H,3-6,9H2,1-2H3,(H3,20,22,23,25,26)/t10?,11-,28-/m0/s1. The number of fused-ring (bicyclic) bond motifs is 3. The van der Waals surface area contributed by atoms with Gasteiger partial charge in [-0.05, 0) is 60.8 Å². The summed E-state index contributed by atoms with van der Waals surface area (Å²) in [7, 11) is -3.46.